The van der Waals surface area contributed by atoms with Crippen LogP contribution in [0, 0.1) is 0 Å². The van der Waals surface area contributed by atoms with Crippen molar-refractivity contribution in [3.63, 3.8) is 0 Å². The van der Waals surface area contributed by atoms with Crippen molar-refractivity contribution >= 4 is 5.69 Å². The topological polar surface area (TPSA) is 47.3 Å². The number of ether oxygens (including phenoxy) is 1. The average Bonchev–Trinajstić information content (AvgIpc) is 2.77. The number of nitrogens with two attached hydrogens (primary N) is 1. The highest BCUT2D eigenvalue weighted by atomic mass is 19.4. The van der Waals surface area contributed by atoms with Crippen LogP contribution in [0.25, 0.3) is 0 Å². The van der Waals surface area contributed by atoms with Gasteiger partial charge in [-0.05, 0) is 31.5 Å². The maximum Gasteiger partial charge on any atom is 0.416 e. The molecule has 2 rings (SSSR count). The molecule has 0 aliphatic carbocycles. The molecule has 3 nitrogen and oxygen atoms in total. The van der Waals surface area contributed by atoms with Crippen LogP contribution in [-0.2, 0) is 6.18 Å². The van der Waals surface area contributed by atoms with Gasteiger partial charge in [0.05, 0.1) is 5.56 Å². The van der Waals surface area contributed by atoms with E-state index in [2.05, 4.69) is 5.32 Å². The molecular weight excluding hydrogens is 245 g/mol. The maximum absolute atomic E-state index is 12.6. The van der Waals surface area contributed by atoms with Crippen molar-refractivity contribution in [1.29, 1.82) is 0 Å². The number of benzene rings is 1. The molecule has 0 radical (unpaired) electrons. The molecular formula is C12H15F3N2O. The summed E-state index contributed by atoms with van der Waals surface area (Å²) >= 11 is 0. The van der Waals surface area contributed by atoms with E-state index >= 15 is 0 Å². The Balaban J connectivity index is 2.05. The largest absolute Gasteiger partial charge is 0.492 e. The molecule has 1 aliphatic heterocycles. The van der Waals surface area contributed by atoms with Gasteiger partial charge in [0.15, 0.2) is 0 Å². The Kier molecular flexibility index (Phi) is 3.65. The van der Waals surface area contributed by atoms with Gasteiger partial charge in [-0.1, -0.05) is 0 Å². The fourth-order valence-corrected chi connectivity index (χ4v) is 1.96. The van der Waals surface area contributed by atoms with Gasteiger partial charge in [0.1, 0.15) is 12.4 Å². The van der Waals surface area contributed by atoms with Crippen LogP contribution in [0.5, 0.6) is 5.75 Å². The quantitative estimate of drug-likeness (QED) is 0.820. The summed E-state index contributed by atoms with van der Waals surface area (Å²) in [5.74, 6) is 0.163. The molecule has 1 unspecified atom stereocenters. The lowest BCUT2D eigenvalue weighted by atomic mass is 10.2. The van der Waals surface area contributed by atoms with Gasteiger partial charge in [0, 0.05) is 17.8 Å². The van der Waals surface area contributed by atoms with E-state index in [0.29, 0.717) is 6.61 Å². The summed E-state index contributed by atoms with van der Waals surface area (Å²) in [6.45, 7) is 1.29. The van der Waals surface area contributed by atoms with Crippen LogP contribution in [0.1, 0.15) is 18.4 Å². The summed E-state index contributed by atoms with van der Waals surface area (Å²) in [7, 11) is 0. The van der Waals surface area contributed by atoms with Gasteiger partial charge in [-0.3, -0.25) is 0 Å². The third kappa shape index (κ3) is 3.29. The molecule has 1 atom stereocenters. The predicted octanol–water partition coefficient (Wildman–Crippen LogP) is 2.42. The molecule has 1 heterocycles. The van der Waals surface area contributed by atoms with E-state index in [1.165, 1.54) is 6.07 Å². The van der Waals surface area contributed by atoms with Crippen molar-refractivity contribution in [2.45, 2.75) is 25.1 Å². The molecule has 1 fully saturated rings. The fourth-order valence-electron chi connectivity index (χ4n) is 1.96. The highest BCUT2D eigenvalue weighted by Gasteiger charge is 2.31. The Bertz CT molecular complexity index is 414. The fraction of sp³-hybridized carbons (Fsp3) is 0.500. The number of nitrogens with one attached hydrogen (secondary N) is 1. The number of halogens is 3. The Morgan fingerprint density at radius 3 is 2.72 bits per heavy atom. The lowest BCUT2D eigenvalue weighted by Gasteiger charge is -2.14. The molecule has 0 amide bonds. The average molecular weight is 260 g/mol. The van der Waals surface area contributed by atoms with Crippen LogP contribution in [0.3, 0.4) is 0 Å². The lowest BCUT2D eigenvalue weighted by Crippen LogP contribution is -2.28. The highest BCUT2D eigenvalue weighted by molar-refractivity contribution is 5.48. The summed E-state index contributed by atoms with van der Waals surface area (Å²) in [5.41, 5.74) is 4.72. The monoisotopic (exact) mass is 260 g/mol. The van der Waals surface area contributed by atoms with Gasteiger partial charge < -0.3 is 15.8 Å². The Morgan fingerprint density at radius 1 is 1.33 bits per heavy atom. The zero-order chi connectivity index (χ0) is 13.2. The van der Waals surface area contributed by atoms with E-state index in [9.17, 15) is 13.2 Å². The molecule has 1 aromatic carbocycles. The van der Waals surface area contributed by atoms with Crippen molar-refractivity contribution in [1.82, 2.24) is 5.32 Å². The Hall–Kier alpha value is -1.43. The van der Waals surface area contributed by atoms with Gasteiger partial charge in [-0.2, -0.15) is 13.2 Å². The molecule has 6 heteroatoms. The molecule has 1 saturated heterocycles. The van der Waals surface area contributed by atoms with E-state index in [0.717, 1.165) is 31.5 Å². The number of rotatable bonds is 3. The second-order valence-corrected chi connectivity index (χ2v) is 4.39. The molecule has 0 saturated carbocycles. The van der Waals surface area contributed by atoms with Gasteiger partial charge >= 0.3 is 6.18 Å². The van der Waals surface area contributed by atoms with Crippen LogP contribution in [0.4, 0.5) is 18.9 Å². The second kappa shape index (κ2) is 5.06. The van der Waals surface area contributed by atoms with Gasteiger partial charge in [0.25, 0.3) is 0 Å². The molecule has 100 valence electrons. The van der Waals surface area contributed by atoms with Crippen molar-refractivity contribution in [3.05, 3.63) is 23.8 Å². The standard InChI is InChI=1S/C12H15F3N2O/c13-12(14,15)8-4-9(16)6-11(5-8)18-7-10-2-1-3-17-10/h4-6,10,17H,1-3,7,16H2. The third-order valence-corrected chi connectivity index (χ3v) is 2.87. The van der Waals surface area contributed by atoms with E-state index < -0.39 is 11.7 Å². The zero-order valence-corrected chi connectivity index (χ0v) is 9.76. The minimum absolute atomic E-state index is 0.0548. The van der Waals surface area contributed by atoms with E-state index in [1.54, 1.807) is 0 Å². The summed E-state index contributed by atoms with van der Waals surface area (Å²) in [4.78, 5) is 0. The number of hydrogen-bond donors (Lipinski definition) is 2. The van der Waals surface area contributed by atoms with Gasteiger partial charge in [0.2, 0.25) is 0 Å². The van der Waals surface area contributed by atoms with Crippen LogP contribution < -0.4 is 15.8 Å². The first-order valence-electron chi connectivity index (χ1n) is 5.79. The van der Waals surface area contributed by atoms with Crippen molar-refractivity contribution in [2.24, 2.45) is 0 Å². The van der Waals surface area contributed by atoms with Crippen LogP contribution in [0.2, 0.25) is 0 Å². The summed E-state index contributed by atoms with van der Waals surface area (Å²) in [6, 6.07) is 3.50. The van der Waals surface area contributed by atoms with Crippen LogP contribution in [-0.4, -0.2) is 19.2 Å². The number of hydrogen-bond acceptors (Lipinski definition) is 3. The normalized spacial score (nSPS) is 20.1. The zero-order valence-electron chi connectivity index (χ0n) is 9.76. The maximum atomic E-state index is 12.6. The molecule has 0 spiro atoms. The number of nitrogen functional groups attached to an aromatic ring is 1. The molecule has 18 heavy (non-hydrogen) atoms. The predicted molar refractivity (Wildman–Crippen MR) is 62.4 cm³/mol. The molecule has 3 N–H and O–H groups in total. The Morgan fingerprint density at radius 2 is 2.11 bits per heavy atom. The molecule has 1 aromatic rings. The molecule has 0 aromatic heterocycles. The first-order chi connectivity index (χ1) is 8.45. The minimum Gasteiger partial charge on any atom is -0.492 e. The first kappa shape index (κ1) is 13.0. The summed E-state index contributed by atoms with van der Waals surface area (Å²) in [6.07, 6.45) is -2.35. The summed E-state index contributed by atoms with van der Waals surface area (Å²) < 4.78 is 43.1. The Labute approximate surface area is 103 Å². The van der Waals surface area contributed by atoms with E-state index in [-0.39, 0.29) is 17.5 Å². The highest BCUT2D eigenvalue weighted by Crippen LogP contribution is 2.33. The van der Waals surface area contributed by atoms with E-state index in [1.807, 2.05) is 0 Å². The smallest absolute Gasteiger partial charge is 0.416 e. The first-order valence-corrected chi connectivity index (χ1v) is 5.79. The second-order valence-electron chi connectivity index (χ2n) is 4.39. The summed E-state index contributed by atoms with van der Waals surface area (Å²) in [5, 5.41) is 3.21. The molecule has 0 bridgehead atoms. The number of alkyl halides is 3. The SMILES string of the molecule is Nc1cc(OCC2CCCN2)cc(C(F)(F)F)c1. The lowest BCUT2D eigenvalue weighted by molar-refractivity contribution is -0.137. The van der Waals surface area contributed by atoms with E-state index in [4.69, 9.17) is 10.5 Å². The van der Waals surface area contributed by atoms with Crippen LogP contribution in [0.15, 0.2) is 18.2 Å². The van der Waals surface area contributed by atoms with Crippen LogP contribution >= 0.6 is 0 Å². The van der Waals surface area contributed by atoms with Crippen molar-refractivity contribution in [2.75, 3.05) is 18.9 Å². The third-order valence-electron chi connectivity index (χ3n) is 2.87. The number of anilines is 1. The minimum atomic E-state index is -4.40. The molecule has 1 aliphatic rings. The van der Waals surface area contributed by atoms with Gasteiger partial charge in [-0.25, -0.2) is 0 Å². The van der Waals surface area contributed by atoms with Crippen molar-refractivity contribution in [3.8, 4) is 5.75 Å². The van der Waals surface area contributed by atoms with Gasteiger partial charge in [-0.15, -0.1) is 0 Å². The van der Waals surface area contributed by atoms with Crippen molar-refractivity contribution < 1.29 is 17.9 Å².